The van der Waals surface area contributed by atoms with E-state index in [0.29, 0.717) is 5.56 Å². The van der Waals surface area contributed by atoms with Gasteiger partial charge in [0, 0.05) is 61.0 Å². The lowest BCUT2D eigenvalue weighted by Crippen LogP contribution is -2.36. The molecule has 3 aromatic carbocycles. The molecular weight excluding hydrogens is 474 g/mol. The maximum Gasteiger partial charge on any atom is 0.255 e. The van der Waals surface area contributed by atoms with E-state index in [4.69, 9.17) is 4.74 Å². The number of nitrogens with one attached hydrogen (secondary N) is 2. The monoisotopic (exact) mass is 513 g/mol. The van der Waals surface area contributed by atoms with Gasteiger partial charge in [0.15, 0.2) is 0 Å². The van der Waals surface area contributed by atoms with Gasteiger partial charge in [-0.25, -0.2) is 0 Å². The largest absolute Gasteiger partial charge is 0.378 e. The third-order valence-electron chi connectivity index (χ3n) is 7.40. The number of anilines is 4. The molecule has 0 spiro atoms. The maximum atomic E-state index is 13.2. The first-order valence-corrected chi connectivity index (χ1v) is 13.7. The Labute approximate surface area is 226 Å². The molecule has 2 N–H and O–H groups in total. The first kappa shape index (κ1) is 26.2. The molecule has 2 aliphatic heterocycles. The van der Waals surface area contributed by atoms with Crippen LogP contribution in [0.3, 0.4) is 0 Å². The van der Waals surface area contributed by atoms with E-state index in [1.54, 1.807) is 0 Å². The van der Waals surface area contributed by atoms with Gasteiger partial charge in [0.05, 0.1) is 13.2 Å². The molecule has 0 aliphatic carbocycles. The normalized spacial score (nSPS) is 17.2. The van der Waals surface area contributed by atoms with Crippen LogP contribution in [0.25, 0.3) is 0 Å². The van der Waals surface area contributed by atoms with Gasteiger partial charge in [0.25, 0.3) is 5.91 Å². The number of aryl methyl sites for hydroxylation is 1. The van der Waals surface area contributed by atoms with Crippen molar-refractivity contribution in [2.24, 2.45) is 0 Å². The zero-order chi connectivity index (χ0) is 26.3. The molecule has 0 aromatic heterocycles. The van der Waals surface area contributed by atoms with Crippen molar-refractivity contribution < 1.29 is 9.53 Å². The summed E-state index contributed by atoms with van der Waals surface area (Å²) in [6, 6.07) is 22.5. The molecule has 7 heteroatoms. The number of amides is 1. The molecule has 2 aliphatic rings. The van der Waals surface area contributed by atoms with Crippen molar-refractivity contribution in [1.82, 2.24) is 9.80 Å². The Bertz CT molecular complexity index is 1240. The molecule has 0 unspecified atom stereocenters. The van der Waals surface area contributed by atoms with Crippen LogP contribution < -0.4 is 15.5 Å². The lowest BCUT2D eigenvalue weighted by Gasteiger charge is -2.29. The molecule has 1 amide bonds. The molecule has 2 fully saturated rings. The van der Waals surface area contributed by atoms with Gasteiger partial charge < -0.3 is 25.2 Å². The van der Waals surface area contributed by atoms with E-state index in [2.05, 4.69) is 69.6 Å². The van der Waals surface area contributed by atoms with Crippen LogP contribution in [-0.4, -0.2) is 75.2 Å². The number of nitrogens with zero attached hydrogens (tertiary/aromatic N) is 3. The van der Waals surface area contributed by atoms with Crippen molar-refractivity contribution in [3.05, 3.63) is 83.4 Å². The van der Waals surface area contributed by atoms with Crippen molar-refractivity contribution in [3.8, 4) is 0 Å². The minimum atomic E-state index is -0.118. The first-order valence-electron chi connectivity index (χ1n) is 13.7. The number of carbonyl (C=O) groups is 1. The topological polar surface area (TPSA) is 60.1 Å². The molecule has 200 valence electrons. The van der Waals surface area contributed by atoms with E-state index in [9.17, 15) is 4.79 Å². The summed E-state index contributed by atoms with van der Waals surface area (Å²) in [4.78, 5) is 20.4. The van der Waals surface area contributed by atoms with Gasteiger partial charge in [0.2, 0.25) is 0 Å². The van der Waals surface area contributed by atoms with E-state index >= 15 is 0 Å². The fourth-order valence-electron chi connectivity index (χ4n) is 5.12. The van der Waals surface area contributed by atoms with E-state index in [1.807, 2.05) is 36.4 Å². The Hall–Kier alpha value is -3.39. The lowest BCUT2D eigenvalue weighted by atomic mass is 10.1. The molecule has 0 radical (unpaired) electrons. The van der Waals surface area contributed by atoms with Crippen molar-refractivity contribution in [2.75, 3.05) is 75.1 Å². The highest BCUT2D eigenvalue weighted by Crippen LogP contribution is 2.25. The first-order chi connectivity index (χ1) is 18.5. The van der Waals surface area contributed by atoms with Gasteiger partial charge >= 0.3 is 0 Å². The Morgan fingerprint density at radius 3 is 2.55 bits per heavy atom. The highest BCUT2D eigenvalue weighted by Gasteiger charge is 2.15. The van der Waals surface area contributed by atoms with Crippen LogP contribution in [0, 0.1) is 6.92 Å². The number of hydrogen-bond acceptors (Lipinski definition) is 6. The van der Waals surface area contributed by atoms with Crippen LogP contribution in [0.15, 0.2) is 66.7 Å². The molecule has 0 saturated carbocycles. The molecule has 0 bridgehead atoms. The van der Waals surface area contributed by atoms with Gasteiger partial charge in [-0.1, -0.05) is 24.3 Å². The number of carbonyl (C=O) groups excluding carboxylic acids is 1. The average molecular weight is 514 g/mol. The summed E-state index contributed by atoms with van der Waals surface area (Å²) in [5, 5.41) is 6.63. The predicted molar refractivity (Wildman–Crippen MR) is 156 cm³/mol. The molecule has 38 heavy (non-hydrogen) atoms. The minimum Gasteiger partial charge on any atom is -0.378 e. The number of ether oxygens (including phenoxy) is 1. The van der Waals surface area contributed by atoms with Crippen molar-refractivity contribution in [1.29, 1.82) is 0 Å². The highest BCUT2D eigenvalue weighted by molar-refractivity contribution is 6.05. The number of hydrogen-bond donors (Lipinski definition) is 2. The number of likely N-dealkylation sites (N-methyl/N-ethyl adjacent to an activating group) is 1. The van der Waals surface area contributed by atoms with E-state index in [0.717, 1.165) is 80.8 Å². The summed E-state index contributed by atoms with van der Waals surface area (Å²) in [5.41, 5.74) is 6.88. The minimum absolute atomic E-state index is 0.118. The molecular formula is C31H39N5O2. The summed E-state index contributed by atoms with van der Waals surface area (Å²) in [6.45, 7) is 10.7. The SMILES string of the molecule is Cc1ccc(C(=O)Nc2cccc(N3CCOCC3)c2)cc1Nc1cccc(CN2CCCN(C)CC2)c1. The summed E-state index contributed by atoms with van der Waals surface area (Å²) in [7, 11) is 2.20. The van der Waals surface area contributed by atoms with Crippen molar-refractivity contribution in [2.45, 2.75) is 19.9 Å². The quantitative estimate of drug-likeness (QED) is 0.466. The fourth-order valence-corrected chi connectivity index (χ4v) is 5.12. The maximum absolute atomic E-state index is 13.2. The van der Waals surface area contributed by atoms with E-state index in [-0.39, 0.29) is 5.91 Å². The van der Waals surface area contributed by atoms with Crippen LogP contribution in [0.1, 0.15) is 27.9 Å². The Balaban J connectivity index is 1.25. The zero-order valence-electron chi connectivity index (χ0n) is 22.6. The van der Waals surface area contributed by atoms with Crippen LogP contribution in [0.5, 0.6) is 0 Å². The second kappa shape index (κ2) is 12.4. The Morgan fingerprint density at radius 2 is 1.68 bits per heavy atom. The third kappa shape index (κ3) is 6.92. The van der Waals surface area contributed by atoms with E-state index in [1.165, 1.54) is 18.5 Å². The molecule has 5 rings (SSSR count). The second-order valence-electron chi connectivity index (χ2n) is 10.4. The van der Waals surface area contributed by atoms with Crippen molar-refractivity contribution in [3.63, 3.8) is 0 Å². The summed E-state index contributed by atoms with van der Waals surface area (Å²) in [5.74, 6) is -0.118. The molecule has 3 aromatic rings. The third-order valence-corrected chi connectivity index (χ3v) is 7.40. The summed E-state index contributed by atoms with van der Waals surface area (Å²) >= 11 is 0. The highest BCUT2D eigenvalue weighted by atomic mass is 16.5. The lowest BCUT2D eigenvalue weighted by molar-refractivity contribution is 0.102. The second-order valence-corrected chi connectivity index (χ2v) is 10.4. The van der Waals surface area contributed by atoms with Crippen LogP contribution in [0.2, 0.25) is 0 Å². The molecule has 7 nitrogen and oxygen atoms in total. The molecule has 2 heterocycles. The number of morpholine rings is 1. The van der Waals surface area contributed by atoms with Gasteiger partial charge in [-0.2, -0.15) is 0 Å². The van der Waals surface area contributed by atoms with Gasteiger partial charge in [0.1, 0.15) is 0 Å². The predicted octanol–water partition coefficient (Wildman–Crippen LogP) is 4.97. The summed E-state index contributed by atoms with van der Waals surface area (Å²) < 4.78 is 5.46. The molecule has 0 atom stereocenters. The zero-order valence-corrected chi connectivity index (χ0v) is 22.6. The van der Waals surface area contributed by atoms with E-state index < -0.39 is 0 Å². The smallest absolute Gasteiger partial charge is 0.255 e. The number of benzene rings is 3. The molecule has 2 saturated heterocycles. The van der Waals surface area contributed by atoms with Crippen molar-refractivity contribution >= 4 is 28.7 Å². The van der Waals surface area contributed by atoms with Gasteiger partial charge in [-0.05, 0) is 87.1 Å². The number of rotatable bonds is 7. The van der Waals surface area contributed by atoms with Crippen LogP contribution in [-0.2, 0) is 11.3 Å². The Kier molecular flexibility index (Phi) is 8.58. The summed E-state index contributed by atoms with van der Waals surface area (Å²) in [6.07, 6.45) is 1.21. The van der Waals surface area contributed by atoms with Crippen LogP contribution >= 0.6 is 0 Å². The van der Waals surface area contributed by atoms with Crippen LogP contribution in [0.4, 0.5) is 22.7 Å². The van der Waals surface area contributed by atoms with Gasteiger partial charge in [-0.15, -0.1) is 0 Å². The van der Waals surface area contributed by atoms with Gasteiger partial charge in [-0.3, -0.25) is 9.69 Å². The standard InChI is InChI=1S/C31H39N5O2/c1-24-10-11-26(31(37)33-28-8-4-9-29(22-28)36-16-18-38-19-17-36)21-30(24)32-27-7-3-6-25(20-27)23-35-13-5-12-34(2)14-15-35/h3-4,6-11,20-22,32H,5,12-19,23H2,1-2H3,(H,33,37). The average Bonchev–Trinajstić information content (AvgIpc) is 3.14. The fraction of sp³-hybridized carbons (Fsp3) is 0.387. The Morgan fingerprint density at radius 1 is 0.868 bits per heavy atom.